The van der Waals surface area contributed by atoms with Crippen molar-refractivity contribution in [3.05, 3.63) is 54.0 Å². The molecule has 1 atom stereocenters. The van der Waals surface area contributed by atoms with Crippen LogP contribution in [0, 0.1) is 6.92 Å². The molecule has 0 saturated carbocycles. The molecule has 6 nitrogen and oxygen atoms in total. The van der Waals surface area contributed by atoms with Crippen LogP contribution >= 0.6 is 11.8 Å². The number of amides is 2. The summed E-state index contributed by atoms with van der Waals surface area (Å²) in [4.78, 5) is 25.9. The summed E-state index contributed by atoms with van der Waals surface area (Å²) in [5.41, 5.74) is 1.86. The maximum absolute atomic E-state index is 12.0. The standard InChI is InChI=1S/C19H25N3O3S/c1-14-6-4-7-15(10-14)21-19(24)13-26-12-18(23)20-11-16(22(2)3)17-8-5-9-25-17/h4-10,16H,11-13H2,1-3H3,(H,20,23)(H,21,24)/t16-/m1/s1. The SMILES string of the molecule is Cc1cccc(NC(=O)CSCC(=O)NC[C@H](c2ccco2)N(C)C)c1. The van der Waals surface area contributed by atoms with Gasteiger partial charge in [0, 0.05) is 12.2 Å². The van der Waals surface area contributed by atoms with E-state index < -0.39 is 0 Å². The van der Waals surface area contributed by atoms with Crippen LogP contribution in [0.1, 0.15) is 17.4 Å². The number of hydrogen-bond acceptors (Lipinski definition) is 5. The highest BCUT2D eigenvalue weighted by molar-refractivity contribution is 8.00. The Balaban J connectivity index is 1.69. The van der Waals surface area contributed by atoms with Gasteiger partial charge in [0.25, 0.3) is 0 Å². The first-order valence-electron chi connectivity index (χ1n) is 8.36. The zero-order valence-corrected chi connectivity index (χ0v) is 16.1. The number of nitrogens with one attached hydrogen (secondary N) is 2. The number of likely N-dealkylation sites (N-methyl/N-ethyl adjacent to an activating group) is 1. The van der Waals surface area contributed by atoms with Crippen molar-refractivity contribution in [1.82, 2.24) is 10.2 Å². The first-order valence-corrected chi connectivity index (χ1v) is 9.52. The first kappa shape index (κ1) is 20.1. The lowest BCUT2D eigenvalue weighted by Crippen LogP contribution is -2.35. The van der Waals surface area contributed by atoms with Crippen LogP contribution in [0.5, 0.6) is 0 Å². The van der Waals surface area contributed by atoms with Gasteiger partial charge in [-0.1, -0.05) is 12.1 Å². The lowest BCUT2D eigenvalue weighted by Gasteiger charge is -2.22. The van der Waals surface area contributed by atoms with Gasteiger partial charge in [0.2, 0.25) is 11.8 Å². The molecule has 1 aromatic heterocycles. The summed E-state index contributed by atoms with van der Waals surface area (Å²) in [7, 11) is 3.87. The molecule has 1 heterocycles. The van der Waals surface area contributed by atoms with Crippen molar-refractivity contribution in [1.29, 1.82) is 0 Å². The number of carbonyl (C=O) groups excluding carboxylic acids is 2. The normalized spacial score (nSPS) is 12.0. The molecule has 2 N–H and O–H groups in total. The molecule has 0 aliphatic heterocycles. The highest BCUT2D eigenvalue weighted by atomic mass is 32.2. The molecule has 1 aromatic carbocycles. The number of rotatable bonds is 9. The second kappa shape index (κ2) is 10.0. The van der Waals surface area contributed by atoms with Crippen molar-refractivity contribution in [2.45, 2.75) is 13.0 Å². The van der Waals surface area contributed by atoms with Gasteiger partial charge < -0.3 is 15.1 Å². The summed E-state index contributed by atoms with van der Waals surface area (Å²) >= 11 is 1.29. The molecule has 2 amide bonds. The van der Waals surface area contributed by atoms with E-state index in [0.29, 0.717) is 6.54 Å². The van der Waals surface area contributed by atoms with Crippen LogP contribution in [0.3, 0.4) is 0 Å². The van der Waals surface area contributed by atoms with Gasteiger partial charge >= 0.3 is 0 Å². The Bertz CT molecular complexity index is 717. The molecule has 0 radical (unpaired) electrons. The van der Waals surface area contributed by atoms with E-state index in [1.54, 1.807) is 6.26 Å². The Hall–Kier alpha value is -2.25. The third kappa shape index (κ3) is 6.57. The molecule has 0 spiro atoms. The van der Waals surface area contributed by atoms with Crippen LogP contribution in [0.25, 0.3) is 0 Å². The zero-order valence-electron chi connectivity index (χ0n) is 15.3. The highest BCUT2D eigenvalue weighted by Crippen LogP contribution is 2.17. The number of anilines is 1. The number of carbonyl (C=O) groups is 2. The summed E-state index contributed by atoms with van der Waals surface area (Å²) in [6, 6.07) is 11.3. The average Bonchev–Trinajstić information content (AvgIpc) is 3.09. The molecule has 26 heavy (non-hydrogen) atoms. The number of benzene rings is 1. The molecule has 2 aromatic rings. The fourth-order valence-corrected chi connectivity index (χ4v) is 3.08. The Labute approximate surface area is 158 Å². The zero-order chi connectivity index (χ0) is 18.9. The molecule has 0 fully saturated rings. The molecule has 0 aliphatic carbocycles. The smallest absolute Gasteiger partial charge is 0.234 e. The molecule has 2 rings (SSSR count). The second-order valence-electron chi connectivity index (χ2n) is 6.21. The minimum absolute atomic E-state index is 0.0245. The number of furan rings is 1. The highest BCUT2D eigenvalue weighted by Gasteiger charge is 2.17. The average molecular weight is 375 g/mol. The minimum Gasteiger partial charge on any atom is -0.468 e. The Morgan fingerprint density at radius 2 is 1.92 bits per heavy atom. The Kier molecular flexibility index (Phi) is 7.74. The fraction of sp³-hybridized carbons (Fsp3) is 0.368. The lowest BCUT2D eigenvalue weighted by atomic mass is 10.2. The number of thioether (sulfide) groups is 1. The third-order valence-electron chi connectivity index (χ3n) is 3.76. The molecule has 7 heteroatoms. The third-order valence-corrected chi connectivity index (χ3v) is 4.69. The minimum atomic E-state index is -0.116. The maximum atomic E-state index is 12.0. The Morgan fingerprint density at radius 1 is 1.15 bits per heavy atom. The van der Waals surface area contributed by atoms with Crippen LogP contribution in [-0.2, 0) is 9.59 Å². The van der Waals surface area contributed by atoms with Crippen molar-refractivity contribution in [3.8, 4) is 0 Å². The fourth-order valence-electron chi connectivity index (χ4n) is 2.44. The van der Waals surface area contributed by atoms with E-state index >= 15 is 0 Å². The summed E-state index contributed by atoms with van der Waals surface area (Å²) in [5.74, 6) is 1.06. The first-order chi connectivity index (χ1) is 12.5. The van der Waals surface area contributed by atoms with Gasteiger partial charge in [-0.3, -0.25) is 14.5 Å². The van der Waals surface area contributed by atoms with Crippen molar-refractivity contribution < 1.29 is 14.0 Å². The van der Waals surface area contributed by atoms with E-state index in [2.05, 4.69) is 10.6 Å². The molecule has 140 valence electrons. The van der Waals surface area contributed by atoms with Crippen LogP contribution in [0.2, 0.25) is 0 Å². The van der Waals surface area contributed by atoms with E-state index in [-0.39, 0.29) is 29.4 Å². The van der Waals surface area contributed by atoms with Gasteiger partial charge in [-0.2, -0.15) is 0 Å². The van der Waals surface area contributed by atoms with E-state index in [1.807, 2.05) is 62.3 Å². The van der Waals surface area contributed by atoms with Crippen LogP contribution in [0.15, 0.2) is 47.1 Å². The second-order valence-corrected chi connectivity index (χ2v) is 7.19. The van der Waals surface area contributed by atoms with E-state index in [4.69, 9.17) is 4.42 Å². The van der Waals surface area contributed by atoms with Gasteiger partial charge in [-0.05, 0) is 50.8 Å². The van der Waals surface area contributed by atoms with Crippen molar-refractivity contribution >= 4 is 29.3 Å². The van der Waals surface area contributed by atoms with Gasteiger partial charge in [0.05, 0.1) is 23.8 Å². The van der Waals surface area contributed by atoms with Gasteiger partial charge in [-0.25, -0.2) is 0 Å². The Morgan fingerprint density at radius 3 is 2.58 bits per heavy atom. The molecule has 0 bridgehead atoms. The van der Waals surface area contributed by atoms with E-state index in [0.717, 1.165) is 17.0 Å². The van der Waals surface area contributed by atoms with Crippen LogP contribution < -0.4 is 10.6 Å². The van der Waals surface area contributed by atoms with E-state index in [1.165, 1.54) is 11.8 Å². The van der Waals surface area contributed by atoms with Crippen molar-refractivity contribution in [3.63, 3.8) is 0 Å². The summed E-state index contributed by atoms with van der Waals surface area (Å²) in [6.45, 7) is 2.42. The number of hydrogen-bond donors (Lipinski definition) is 2. The predicted molar refractivity (Wildman–Crippen MR) is 105 cm³/mol. The summed E-state index contributed by atoms with van der Waals surface area (Å²) < 4.78 is 5.42. The predicted octanol–water partition coefficient (Wildman–Crippen LogP) is 2.68. The monoisotopic (exact) mass is 375 g/mol. The van der Waals surface area contributed by atoms with Gasteiger partial charge in [0.15, 0.2) is 0 Å². The number of nitrogens with zero attached hydrogens (tertiary/aromatic N) is 1. The quantitative estimate of drug-likeness (QED) is 0.705. The van der Waals surface area contributed by atoms with Crippen LogP contribution in [-0.4, -0.2) is 48.9 Å². The maximum Gasteiger partial charge on any atom is 0.234 e. The molecule has 0 aliphatic rings. The largest absolute Gasteiger partial charge is 0.468 e. The topological polar surface area (TPSA) is 74.6 Å². The lowest BCUT2D eigenvalue weighted by molar-refractivity contribution is -0.118. The number of aryl methyl sites for hydroxylation is 1. The summed E-state index contributed by atoms with van der Waals surface area (Å²) in [6.07, 6.45) is 1.62. The molecular weight excluding hydrogens is 350 g/mol. The van der Waals surface area contributed by atoms with Crippen molar-refractivity contribution in [2.75, 3.05) is 37.5 Å². The van der Waals surface area contributed by atoms with E-state index in [9.17, 15) is 9.59 Å². The van der Waals surface area contributed by atoms with Gasteiger partial charge in [-0.15, -0.1) is 11.8 Å². The van der Waals surface area contributed by atoms with Crippen molar-refractivity contribution in [2.24, 2.45) is 0 Å². The molecule has 0 unspecified atom stereocenters. The van der Waals surface area contributed by atoms with Gasteiger partial charge in [0.1, 0.15) is 5.76 Å². The summed E-state index contributed by atoms with van der Waals surface area (Å²) in [5, 5.41) is 5.72. The van der Waals surface area contributed by atoms with Crippen LogP contribution in [0.4, 0.5) is 5.69 Å². The molecular formula is C19H25N3O3S. The molecule has 0 saturated heterocycles.